The van der Waals surface area contributed by atoms with Crippen molar-refractivity contribution in [3.8, 4) is 5.75 Å². The highest BCUT2D eigenvalue weighted by Gasteiger charge is 2.35. The summed E-state index contributed by atoms with van der Waals surface area (Å²) in [6.45, 7) is 4.68. The highest BCUT2D eigenvalue weighted by molar-refractivity contribution is 7.93. The van der Waals surface area contributed by atoms with Crippen LogP contribution in [0.1, 0.15) is 0 Å². The molecule has 150 valence electrons. The number of anilines is 2. The van der Waals surface area contributed by atoms with E-state index in [4.69, 9.17) is 0 Å². The molecule has 0 spiro atoms. The van der Waals surface area contributed by atoms with E-state index in [0.717, 1.165) is 48.3 Å². The van der Waals surface area contributed by atoms with Gasteiger partial charge in [0, 0.05) is 50.3 Å². The molecule has 7 heteroatoms. The van der Waals surface area contributed by atoms with Crippen molar-refractivity contribution in [3.63, 3.8) is 0 Å². The van der Waals surface area contributed by atoms with E-state index < -0.39 is 10.0 Å². The van der Waals surface area contributed by atoms with Crippen LogP contribution >= 0.6 is 0 Å². The molecule has 2 heterocycles. The molecule has 1 saturated heterocycles. The Bertz CT molecular complexity index is 1150. The van der Waals surface area contributed by atoms with E-state index in [1.807, 2.05) is 42.5 Å². The van der Waals surface area contributed by atoms with Gasteiger partial charge in [-0.15, -0.1) is 0 Å². The van der Waals surface area contributed by atoms with E-state index >= 15 is 0 Å². The molecule has 3 aromatic rings. The standard InChI is InChI=1S/C22H23N3O3S/c26-19-9-7-18(8-10-19)24-14-11-23(12-15-24)13-16-25-20-5-1-3-17-4-2-6-21(22(17)20)29(25,27)28/h1-10,26H,11-16H2. The maximum atomic E-state index is 13.1. The second kappa shape index (κ2) is 6.93. The SMILES string of the molecule is O=S1(=O)c2cccc3cccc(c23)N1CCN1CCN(c2ccc(O)cc2)CC1. The molecular weight excluding hydrogens is 386 g/mol. The number of piperazine rings is 1. The summed E-state index contributed by atoms with van der Waals surface area (Å²) in [7, 11) is -3.48. The lowest BCUT2D eigenvalue weighted by atomic mass is 10.1. The number of benzene rings is 3. The predicted octanol–water partition coefficient (Wildman–Crippen LogP) is 2.88. The second-order valence-electron chi connectivity index (χ2n) is 7.55. The molecule has 0 radical (unpaired) electrons. The minimum Gasteiger partial charge on any atom is -0.508 e. The van der Waals surface area contributed by atoms with Gasteiger partial charge in [0.25, 0.3) is 10.0 Å². The third-order valence-corrected chi connectivity index (χ3v) is 7.74. The van der Waals surface area contributed by atoms with Crippen molar-refractivity contribution in [2.24, 2.45) is 0 Å². The van der Waals surface area contributed by atoms with Gasteiger partial charge in [0.05, 0.1) is 10.6 Å². The Labute approximate surface area is 170 Å². The third kappa shape index (κ3) is 3.10. The van der Waals surface area contributed by atoms with Gasteiger partial charge in [-0.3, -0.25) is 9.21 Å². The van der Waals surface area contributed by atoms with Crippen molar-refractivity contribution in [3.05, 3.63) is 60.7 Å². The molecule has 2 aliphatic heterocycles. The first-order chi connectivity index (χ1) is 14.0. The first-order valence-corrected chi connectivity index (χ1v) is 11.3. The molecule has 0 bridgehead atoms. The molecule has 0 amide bonds. The van der Waals surface area contributed by atoms with E-state index in [0.29, 0.717) is 18.0 Å². The Balaban J connectivity index is 1.27. The highest BCUT2D eigenvalue weighted by Crippen LogP contribution is 2.41. The number of nitrogens with zero attached hydrogens (tertiary/aromatic N) is 3. The van der Waals surface area contributed by atoms with Gasteiger partial charge in [-0.2, -0.15) is 0 Å². The fourth-order valence-corrected chi connectivity index (χ4v) is 6.03. The van der Waals surface area contributed by atoms with Crippen LogP contribution < -0.4 is 9.21 Å². The molecule has 2 aliphatic rings. The molecule has 0 aliphatic carbocycles. The maximum Gasteiger partial charge on any atom is 0.265 e. The Morgan fingerprint density at radius 2 is 1.52 bits per heavy atom. The molecule has 0 aromatic heterocycles. The van der Waals surface area contributed by atoms with Crippen molar-refractivity contribution in [2.45, 2.75) is 4.90 Å². The second-order valence-corrected chi connectivity index (χ2v) is 9.38. The first kappa shape index (κ1) is 18.3. The van der Waals surface area contributed by atoms with Gasteiger partial charge in [0.2, 0.25) is 0 Å². The van der Waals surface area contributed by atoms with Crippen molar-refractivity contribution < 1.29 is 13.5 Å². The Morgan fingerprint density at radius 1 is 0.828 bits per heavy atom. The number of rotatable bonds is 4. The summed E-state index contributed by atoms with van der Waals surface area (Å²) in [6, 6.07) is 18.5. The van der Waals surface area contributed by atoms with Gasteiger partial charge >= 0.3 is 0 Å². The quantitative estimate of drug-likeness (QED) is 0.718. The van der Waals surface area contributed by atoms with Gasteiger partial charge in [-0.25, -0.2) is 8.42 Å². The Hall–Kier alpha value is -2.77. The van der Waals surface area contributed by atoms with Crippen LogP contribution in [0.4, 0.5) is 11.4 Å². The topological polar surface area (TPSA) is 64.1 Å². The molecule has 0 atom stereocenters. The van der Waals surface area contributed by atoms with Crippen LogP contribution in [0.2, 0.25) is 0 Å². The normalized spacial score (nSPS) is 18.5. The van der Waals surface area contributed by atoms with Crippen LogP contribution in [0, 0.1) is 0 Å². The molecule has 6 nitrogen and oxygen atoms in total. The van der Waals surface area contributed by atoms with E-state index in [1.54, 1.807) is 22.5 Å². The average Bonchev–Trinajstić information content (AvgIpc) is 2.96. The fourth-order valence-electron chi connectivity index (χ4n) is 4.32. The van der Waals surface area contributed by atoms with Gasteiger partial charge in [0.15, 0.2) is 0 Å². The molecule has 5 rings (SSSR count). The molecule has 1 fully saturated rings. The van der Waals surface area contributed by atoms with Crippen LogP contribution in [0.25, 0.3) is 10.8 Å². The lowest BCUT2D eigenvalue weighted by Gasteiger charge is -2.36. The highest BCUT2D eigenvalue weighted by atomic mass is 32.2. The van der Waals surface area contributed by atoms with E-state index in [9.17, 15) is 13.5 Å². The van der Waals surface area contributed by atoms with Crippen molar-refractivity contribution in [1.29, 1.82) is 0 Å². The summed E-state index contributed by atoms with van der Waals surface area (Å²) < 4.78 is 27.7. The number of phenolic OH excluding ortho intramolecular Hbond substituents is 1. The maximum absolute atomic E-state index is 13.1. The minimum atomic E-state index is -3.48. The molecular formula is C22H23N3O3S. The molecule has 29 heavy (non-hydrogen) atoms. The zero-order chi connectivity index (χ0) is 20.0. The molecule has 1 N–H and O–H groups in total. The van der Waals surface area contributed by atoms with Crippen LogP contribution in [0.15, 0.2) is 65.6 Å². The number of hydrogen-bond donors (Lipinski definition) is 1. The van der Waals surface area contributed by atoms with Gasteiger partial charge in [-0.05, 0) is 41.8 Å². The van der Waals surface area contributed by atoms with E-state index in [1.165, 1.54) is 0 Å². The predicted molar refractivity (Wildman–Crippen MR) is 115 cm³/mol. The summed E-state index contributed by atoms with van der Waals surface area (Å²) in [5.74, 6) is 0.273. The number of hydrogen-bond acceptors (Lipinski definition) is 5. The van der Waals surface area contributed by atoms with Crippen molar-refractivity contribution in [2.75, 3.05) is 48.5 Å². The van der Waals surface area contributed by atoms with Gasteiger partial charge < -0.3 is 10.0 Å². The van der Waals surface area contributed by atoms with Gasteiger partial charge in [-0.1, -0.05) is 24.3 Å². The summed E-state index contributed by atoms with van der Waals surface area (Å²) in [5.41, 5.74) is 1.90. The third-order valence-electron chi connectivity index (χ3n) is 5.89. The van der Waals surface area contributed by atoms with Gasteiger partial charge in [0.1, 0.15) is 5.75 Å². The van der Waals surface area contributed by atoms with E-state index in [-0.39, 0.29) is 5.75 Å². The number of phenols is 1. The Morgan fingerprint density at radius 3 is 2.24 bits per heavy atom. The molecule has 3 aromatic carbocycles. The van der Waals surface area contributed by atoms with Crippen molar-refractivity contribution >= 4 is 32.2 Å². The smallest absolute Gasteiger partial charge is 0.265 e. The van der Waals surface area contributed by atoms with E-state index in [2.05, 4.69) is 9.80 Å². The van der Waals surface area contributed by atoms with Crippen LogP contribution in [-0.2, 0) is 10.0 Å². The minimum absolute atomic E-state index is 0.273. The van der Waals surface area contributed by atoms with Crippen molar-refractivity contribution in [1.82, 2.24) is 4.90 Å². The van der Waals surface area contributed by atoms with Crippen LogP contribution in [-0.4, -0.2) is 57.7 Å². The largest absolute Gasteiger partial charge is 0.508 e. The fraction of sp³-hybridized carbons (Fsp3) is 0.273. The summed E-state index contributed by atoms with van der Waals surface area (Å²) in [4.78, 5) is 5.03. The lowest BCUT2D eigenvalue weighted by molar-refractivity contribution is 0.265. The Kier molecular flexibility index (Phi) is 4.37. The number of aromatic hydroxyl groups is 1. The summed E-state index contributed by atoms with van der Waals surface area (Å²) in [5, 5.41) is 11.3. The lowest BCUT2D eigenvalue weighted by Crippen LogP contribution is -2.48. The zero-order valence-corrected chi connectivity index (χ0v) is 16.8. The van der Waals surface area contributed by atoms with Crippen LogP contribution in [0.3, 0.4) is 0 Å². The summed E-state index contributed by atoms with van der Waals surface area (Å²) in [6.07, 6.45) is 0. The average molecular weight is 410 g/mol. The zero-order valence-electron chi connectivity index (χ0n) is 16.0. The summed E-state index contributed by atoms with van der Waals surface area (Å²) >= 11 is 0. The molecule has 0 saturated carbocycles. The monoisotopic (exact) mass is 409 g/mol. The van der Waals surface area contributed by atoms with Crippen LogP contribution in [0.5, 0.6) is 5.75 Å². The first-order valence-electron chi connectivity index (χ1n) is 9.85. The number of sulfonamides is 1. The molecule has 0 unspecified atom stereocenters.